The van der Waals surface area contributed by atoms with Gasteiger partial charge in [-0.15, -0.1) is 0 Å². The third-order valence-corrected chi connectivity index (χ3v) is 4.18. The second-order valence-electron chi connectivity index (χ2n) is 5.60. The zero-order valence-corrected chi connectivity index (χ0v) is 14.1. The Kier molecular flexibility index (Phi) is 4.80. The number of hydrogen-bond donors (Lipinski definition) is 1. The van der Waals surface area contributed by atoms with E-state index in [1.54, 1.807) is 18.2 Å². The number of halogens is 1. The lowest BCUT2D eigenvalue weighted by Crippen LogP contribution is -2.13. The standard InChI is InChI=1S/C16H15ClN4O4/c1-25-16(22)13-12(17)15(20-14(19-13)9-6-7-9)18-8-10-4-2-3-5-11(10)21(23)24/h2-5,9H,6-8H2,1H3,(H,18,19,20). The van der Waals surface area contributed by atoms with Crippen LogP contribution in [0.4, 0.5) is 11.5 Å². The topological polar surface area (TPSA) is 107 Å². The monoisotopic (exact) mass is 362 g/mol. The number of nitro benzene ring substituents is 1. The molecule has 8 nitrogen and oxygen atoms in total. The number of aromatic nitrogens is 2. The molecule has 1 aromatic heterocycles. The highest BCUT2D eigenvalue weighted by Gasteiger charge is 2.30. The summed E-state index contributed by atoms with van der Waals surface area (Å²) in [5.74, 6) is 0.335. The normalized spacial score (nSPS) is 13.4. The molecule has 9 heteroatoms. The maximum absolute atomic E-state index is 11.9. The molecule has 1 heterocycles. The summed E-state index contributed by atoms with van der Waals surface area (Å²) in [6, 6.07) is 6.37. The van der Waals surface area contributed by atoms with E-state index >= 15 is 0 Å². The third-order valence-electron chi connectivity index (χ3n) is 3.82. The highest BCUT2D eigenvalue weighted by atomic mass is 35.5. The van der Waals surface area contributed by atoms with E-state index in [9.17, 15) is 14.9 Å². The molecule has 0 aliphatic heterocycles. The number of ether oxygens (including phenoxy) is 1. The lowest BCUT2D eigenvalue weighted by Gasteiger charge is -2.12. The van der Waals surface area contributed by atoms with Gasteiger partial charge in [0, 0.05) is 24.1 Å². The molecular formula is C16H15ClN4O4. The first-order chi connectivity index (χ1) is 12.0. The number of rotatable bonds is 6. The van der Waals surface area contributed by atoms with E-state index in [2.05, 4.69) is 15.3 Å². The van der Waals surface area contributed by atoms with Crippen molar-refractivity contribution in [3.8, 4) is 0 Å². The number of nitrogens with one attached hydrogen (secondary N) is 1. The van der Waals surface area contributed by atoms with Crippen LogP contribution in [0.5, 0.6) is 0 Å². The van der Waals surface area contributed by atoms with E-state index in [1.807, 2.05) is 0 Å². The van der Waals surface area contributed by atoms with Gasteiger partial charge in [-0.05, 0) is 12.8 Å². The van der Waals surface area contributed by atoms with Crippen LogP contribution in [0, 0.1) is 10.1 Å². The second-order valence-corrected chi connectivity index (χ2v) is 5.98. The van der Waals surface area contributed by atoms with Crippen molar-refractivity contribution in [3.05, 3.63) is 56.5 Å². The summed E-state index contributed by atoms with van der Waals surface area (Å²) in [4.78, 5) is 31.1. The number of nitro groups is 1. The predicted octanol–water partition coefficient (Wildman–Crippen LogP) is 3.31. The number of methoxy groups -OCH3 is 1. The van der Waals surface area contributed by atoms with Gasteiger partial charge in [0.1, 0.15) is 16.7 Å². The number of carbonyl (C=O) groups excluding carboxylic acids is 1. The highest BCUT2D eigenvalue weighted by molar-refractivity contribution is 6.35. The lowest BCUT2D eigenvalue weighted by atomic mass is 10.2. The number of carbonyl (C=O) groups is 1. The first-order valence-electron chi connectivity index (χ1n) is 7.63. The first kappa shape index (κ1) is 17.1. The molecule has 0 bridgehead atoms. The minimum atomic E-state index is -0.650. The molecule has 2 aromatic rings. The van der Waals surface area contributed by atoms with E-state index in [4.69, 9.17) is 16.3 Å². The molecule has 0 amide bonds. The Labute approximate surface area is 148 Å². The third kappa shape index (κ3) is 3.69. The Hall–Kier alpha value is -2.74. The maximum Gasteiger partial charge on any atom is 0.358 e. The van der Waals surface area contributed by atoms with Gasteiger partial charge in [0.15, 0.2) is 5.69 Å². The van der Waals surface area contributed by atoms with Gasteiger partial charge in [-0.1, -0.05) is 29.8 Å². The van der Waals surface area contributed by atoms with E-state index in [0.717, 1.165) is 12.8 Å². The Balaban J connectivity index is 1.91. The molecule has 1 saturated carbocycles. The zero-order valence-electron chi connectivity index (χ0n) is 13.4. The van der Waals surface area contributed by atoms with Gasteiger partial charge in [0.25, 0.3) is 5.69 Å². The van der Waals surface area contributed by atoms with E-state index < -0.39 is 10.9 Å². The van der Waals surface area contributed by atoms with Gasteiger partial charge in [-0.2, -0.15) is 0 Å². The molecule has 1 aliphatic rings. The summed E-state index contributed by atoms with van der Waals surface area (Å²) < 4.78 is 4.71. The van der Waals surface area contributed by atoms with Crippen LogP contribution in [0.25, 0.3) is 0 Å². The van der Waals surface area contributed by atoms with E-state index in [0.29, 0.717) is 11.4 Å². The molecule has 1 fully saturated rings. The minimum Gasteiger partial charge on any atom is -0.464 e. The predicted molar refractivity (Wildman–Crippen MR) is 90.8 cm³/mol. The molecule has 1 aromatic carbocycles. The average Bonchev–Trinajstić information content (AvgIpc) is 3.45. The molecule has 0 saturated heterocycles. The largest absolute Gasteiger partial charge is 0.464 e. The summed E-state index contributed by atoms with van der Waals surface area (Å²) in [6.07, 6.45) is 1.90. The van der Waals surface area contributed by atoms with Crippen LogP contribution >= 0.6 is 11.6 Å². The minimum absolute atomic E-state index is 0.00390. The number of esters is 1. The van der Waals surface area contributed by atoms with Crippen LogP contribution in [0.15, 0.2) is 24.3 Å². The maximum atomic E-state index is 11.9. The van der Waals surface area contributed by atoms with E-state index in [1.165, 1.54) is 13.2 Å². The summed E-state index contributed by atoms with van der Waals surface area (Å²) in [6.45, 7) is 0.138. The van der Waals surface area contributed by atoms with Gasteiger partial charge < -0.3 is 10.1 Å². The first-order valence-corrected chi connectivity index (χ1v) is 8.01. The zero-order chi connectivity index (χ0) is 18.0. The van der Waals surface area contributed by atoms with Gasteiger partial charge in [-0.3, -0.25) is 10.1 Å². The summed E-state index contributed by atoms with van der Waals surface area (Å²) in [5, 5.41) is 14.1. The fourth-order valence-corrected chi connectivity index (χ4v) is 2.58. The summed E-state index contributed by atoms with van der Waals surface area (Å²) in [5.41, 5.74) is 0.469. The number of hydrogen-bond acceptors (Lipinski definition) is 7. The highest BCUT2D eigenvalue weighted by Crippen LogP contribution is 2.39. The number of anilines is 1. The van der Waals surface area contributed by atoms with Gasteiger partial charge in [-0.25, -0.2) is 14.8 Å². The Morgan fingerprint density at radius 3 is 2.76 bits per heavy atom. The van der Waals surface area contributed by atoms with Crippen molar-refractivity contribution in [1.82, 2.24) is 9.97 Å². The molecule has 1 N–H and O–H groups in total. The van der Waals surface area contributed by atoms with Crippen molar-refractivity contribution in [1.29, 1.82) is 0 Å². The Morgan fingerprint density at radius 1 is 1.40 bits per heavy atom. The molecule has 1 aliphatic carbocycles. The fraction of sp³-hybridized carbons (Fsp3) is 0.312. The molecule has 0 radical (unpaired) electrons. The lowest BCUT2D eigenvalue weighted by molar-refractivity contribution is -0.385. The van der Waals surface area contributed by atoms with Crippen molar-refractivity contribution in [2.45, 2.75) is 25.3 Å². The Bertz CT molecular complexity index is 839. The molecule has 130 valence electrons. The summed E-state index contributed by atoms with van der Waals surface area (Å²) in [7, 11) is 1.25. The van der Waals surface area contributed by atoms with Crippen molar-refractivity contribution >= 4 is 29.1 Å². The molecule has 0 spiro atoms. The number of nitrogens with zero attached hydrogens (tertiary/aromatic N) is 3. The Morgan fingerprint density at radius 2 is 2.12 bits per heavy atom. The molecule has 3 rings (SSSR count). The van der Waals surface area contributed by atoms with Crippen LogP contribution in [-0.2, 0) is 11.3 Å². The quantitative estimate of drug-likeness (QED) is 0.477. The van der Waals surface area contributed by atoms with Gasteiger partial charge in [0.2, 0.25) is 0 Å². The van der Waals surface area contributed by atoms with Crippen molar-refractivity contribution in [2.75, 3.05) is 12.4 Å². The smallest absolute Gasteiger partial charge is 0.358 e. The molecule has 0 atom stereocenters. The molecular weight excluding hydrogens is 348 g/mol. The van der Waals surface area contributed by atoms with Gasteiger partial charge >= 0.3 is 5.97 Å². The number of para-hydroxylation sites is 1. The second kappa shape index (κ2) is 7.02. The SMILES string of the molecule is COC(=O)c1nc(C2CC2)nc(NCc2ccccc2[N+](=O)[O-])c1Cl. The van der Waals surface area contributed by atoms with Crippen molar-refractivity contribution < 1.29 is 14.5 Å². The van der Waals surface area contributed by atoms with Crippen LogP contribution in [-0.4, -0.2) is 28.0 Å². The van der Waals surface area contributed by atoms with E-state index in [-0.39, 0.29) is 34.7 Å². The number of benzene rings is 1. The molecule has 0 unspecified atom stereocenters. The molecule has 25 heavy (non-hydrogen) atoms. The van der Waals surface area contributed by atoms with Crippen molar-refractivity contribution in [2.24, 2.45) is 0 Å². The van der Waals surface area contributed by atoms with Crippen molar-refractivity contribution in [3.63, 3.8) is 0 Å². The van der Waals surface area contributed by atoms with Crippen LogP contribution in [0.1, 0.15) is 40.6 Å². The van der Waals surface area contributed by atoms with Crippen LogP contribution in [0.2, 0.25) is 5.02 Å². The van der Waals surface area contributed by atoms with Crippen LogP contribution < -0.4 is 5.32 Å². The average molecular weight is 363 g/mol. The van der Waals surface area contributed by atoms with Gasteiger partial charge in [0.05, 0.1) is 12.0 Å². The van der Waals surface area contributed by atoms with Crippen LogP contribution in [0.3, 0.4) is 0 Å². The fourth-order valence-electron chi connectivity index (χ4n) is 2.35. The summed E-state index contributed by atoms with van der Waals surface area (Å²) >= 11 is 6.23.